The molecule has 0 aromatic heterocycles. The number of rotatable bonds is 5. The van der Waals surface area contributed by atoms with E-state index in [1.54, 1.807) is 0 Å². The molecule has 108 valence electrons. The highest BCUT2D eigenvalue weighted by Gasteiger charge is 2.30. The van der Waals surface area contributed by atoms with Crippen molar-refractivity contribution in [3.05, 3.63) is 35.4 Å². The third-order valence-electron chi connectivity index (χ3n) is 4.70. The van der Waals surface area contributed by atoms with Crippen molar-refractivity contribution in [3.63, 3.8) is 0 Å². The first kappa shape index (κ1) is 13.6. The molecule has 1 aliphatic heterocycles. The Morgan fingerprint density at radius 1 is 1.25 bits per heavy atom. The van der Waals surface area contributed by atoms with Crippen LogP contribution >= 0.6 is 0 Å². The maximum atomic E-state index is 11.1. The zero-order chi connectivity index (χ0) is 13.9. The Morgan fingerprint density at radius 3 is 2.65 bits per heavy atom. The van der Waals surface area contributed by atoms with Gasteiger partial charge in [0.15, 0.2) is 0 Å². The van der Waals surface area contributed by atoms with E-state index in [2.05, 4.69) is 41.8 Å². The van der Waals surface area contributed by atoms with Crippen LogP contribution in [0.2, 0.25) is 0 Å². The van der Waals surface area contributed by atoms with Crippen molar-refractivity contribution in [2.24, 2.45) is 0 Å². The Balaban J connectivity index is 1.34. The Bertz CT molecular complexity index is 462. The molecule has 2 aliphatic rings. The maximum absolute atomic E-state index is 11.1. The van der Waals surface area contributed by atoms with Gasteiger partial charge < -0.3 is 10.6 Å². The van der Waals surface area contributed by atoms with Gasteiger partial charge in [0.1, 0.15) is 0 Å². The first-order chi connectivity index (χ1) is 9.70. The number of benzene rings is 1. The number of carbonyl (C=O) groups is 1. The molecule has 1 saturated carbocycles. The first-order valence-corrected chi connectivity index (χ1v) is 7.80. The molecule has 1 unspecified atom stereocenters. The van der Waals surface area contributed by atoms with Crippen LogP contribution in [-0.4, -0.2) is 24.5 Å². The van der Waals surface area contributed by atoms with E-state index in [0.29, 0.717) is 18.5 Å². The molecule has 1 amide bonds. The largest absolute Gasteiger partial charge is 0.353 e. The van der Waals surface area contributed by atoms with Gasteiger partial charge in [0.25, 0.3) is 0 Å². The average molecular weight is 272 g/mol. The van der Waals surface area contributed by atoms with Crippen LogP contribution < -0.4 is 10.6 Å². The highest BCUT2D eigenvalue weighted by Crippen LogP contribution is 2.36. The fourth-order valence-corrected chi connectivity index (χ4v) is 3.25. The Labute approximate surface area is 121 Å². The zero-order valence-corrected chi connectivity index (χ0v) is 12.2. The molecule has 0 spiro atoms. The molecule has 3 nitrogen and oxygen atoms in total. The first-order valence-electron chi connectivity index (χ1n) is 7.80. The smallest absolute Gasteiger partial charge is 0.220 e. The number of aryl methyl sites for hydroxylation is 1. The number of hydrogen-bond donors (Lipinski definition) is 2. The van der Waals surface area contributed by atoms with Gasteiger partial charge in [-0.2, -0.15) is 0 Å². The van der Waals surface area contributed by atoms with Crippen LogP contribution in [0.4, 0.5) is 0 Å². The van der Waals surface area contributed by atoms with E-state index in [9.17, 15) is 4.79 Å². The van der Waals surface area contributed by atoms with E-state index in [-0.39, 0.29) is 5.91 Å². The number of amides is 1. The minimum atomic E-state index is 0.220. The molecule has 2 N–H and O–H groups in total. The highest BCUT2D eigenvalue weighted by atomic mass is 16.1. The van der Waals surface area contributed by atoms with Crippen LogP contribution in [0.5, 0.6) is 0 Å². The van der Waals surface area contributed by atoms with E-state index in [4.69, 9.17) is 0 Å². The second-order valence-electron chi connectivity index (χ2n) is 6.32. The Hall–Kier alpha value is -1.35. The molecule has 1 heterocycles. The van der Waals surface area contributed by atoms with Gasteiger partial charge in [-0.05, 0) is 50.6 Å². The lowest BCUT2D eigenvalue weighted by molar-refractivity contribution is -0.119. The summed E-state index contributed by atoms with van der Waals surface area (Å²) in [5.74, 6) is 0.956. The molecule has 3 heteroatoms. The predicted molar refractivity (Wildman–Crippen MR) is 80.7 cm³/mol. The zero-order valence-electron chi connectivity index (χ0n) is 12.2. The molecule has 1 aromatic rings. The lowest BCUT2D eigenvalue weighted by atomic mass is 9.75. The molecule has 2 fully saturated rings. The van der Waals surface area contributed by atoms with Crippen LogP contribution in [0, 0.1) is 6.92 Å². The Kier molecular flexibility index (Phi) is 4.06. The van der Waals surface area contributed by atoms with Crippen molar-refractivity contribution in [2.45, 2.75) is 57.0 Å². The van der Waals surface area contributed by atoms with Crippen molar-refractivity contribution in [1.29, 1.82) is 0 Å². The maximum Gasteiger partial charge on any atom is 0.220 e. The fraction of sp³-hybridized carbons (Fsp3) is 0.588. The molecule has 3 rings (SSSR count). The molecule has 1 aromatic carbocycles. The number of carbonyl (C=O) groups excluding carboxylic acids is 1. The van der Waals surface area contributed by atoms with E-state index in [1.807, 2.05) is 0 Å². The van der Waals surface area contributed by atoms with Crippen LogP contribution in [0.1, 0.15) is 49.1 Å². The third kappa shape index (κ3) is 3.21. The van der Waals surface area contributed by atoms with Crippen molar-refractivity contribution in [1.82, 2.24) is 10.6 Å². The van der Waals surface area contributed by atoms with Gasteiger partial charge in [-0.1, -0.05) is 29.8 Å². The van der Waals surface area contributed by atoms with Crippen LogP contribution in [0.15, 0.2) is 24.3 Å². The summed E-state index contributed by atoms with van der Waals surface area (Å²) in [7, 11) is 0. The molecule has 0 radical (unpaired) electrons. The summed E-state index contributed by atoms with van der Waals surface area (Å²) in [6.07, 6.45) is 5.29. The summed E-state index contributed by atoms with van der Waals surface area (Å²) >= 11 is 0. The van der Waals surface area contributed by atoms with Crippen LogP contribution in [0.25, 0.3) is 0 Å². The van der Waals surface area contributed by atoms with E-state index < -0.39 is 0 Å². The summed E-state index contributed by atoms with van der Waals surface area (Å²) in [5.41, 5.74) is 2.82. The van der Waals surface area contributed by atoms with Crippen molar-refractivity contribution >= 4 is 5.91 Å². The highest BCUT2D eigenvalue weighted by molar-refractivity contribution is 5.78. The SMILES string of the molecule is Cc1ccc(C2CC(NCCC3CCC(=O)N3)C2)cc1. The van der Waals surface area contributed by atoms with Gasteiger partial charge in [0.05, 0.1) is 0 Å². The average Bonchev–Trinajstić information content (AvgIpc) is 2.80. The molecule has 1 atom stereocenters. The normalized spacial score (nSPS) is 29.1. The topological polar surface area (TPSA) is 41.1 Å². The van der Waals surface area contributed by atoms with Crippen molar-refractivity contribution < 1.29 is 4.79 Å². The van der Waals surface area contributed by atoms with Gasteiger partial charge in [0.2, 0.25) is 5.91 Å². The van der Waals surface area contributed by atoms with Gasteiger partial charge in [-0.15, -0.1) is 0 Å². The summed E-state index contributed by atoms with van der Waals surface area (Å²) in [5, 5.41) is 6.65. The van der Waals surface area contributed by atoms with E-state index in [1.165, 1.54) is 24.0 Å². The third-order valence-corrected chi connectivity index (χ3v) is 4.70. The van der Waals surface area contributed by atoms with Crippen LogP contribution in [0.3, 0.4) is 0 Å². The molecule has 1 saturated heterocycles. The molecular weight excluding hydrogens is 248 g/mol. The molecule has 0 bridgehead atoms. The van der Waals surface area contributed by atoms with E-state index in [0.717, 1.165) is 25.3 Å². The van der Waals surface area contributed by atoms with Crippen molar-refractivity contribution in [2.75, 3.05) is 6.54 Å². The summed E-state index contributed by atoms with van der Waals surface area (Å²) in [6.45, 7) is 3.16. The van der Waals surface area contributed by atoms with Gasteiger partial charge in [0, 0.05) is 18.5 Å². The van der Waals surface area contributed by atoms with Gasteiger partial charge in [-0.25, -0.2) is 0 Å². The van der Waals surface area contributed by atoms with Gasteiger partial charge in [-0.3, -0.25) is 4.79 Å². The molecule has 1 aliphatic carbocycles. The summed E-state index contributed by atoms with van der Waals surface area (Å²) in [4.78, 5) is 11.1. The standard InChI is InChI=1S/C17H24N2O/c1-12-2-4-13(5-3-12)14-10-16(11-14)18-9-8-15-6-7-17(20)19-15/h2-5,14-16,18H,6-11H2,1H3,(H,19,20). The summed E-state index contributed by atoms with van der Waals surface area (Å²) < 4.78 is 0. The lowest BCUT2D eigenvalue weighted by Gasteiger charge is -2.36. The lowest BCUT2D eigenvalue weighted by Crippen LogP contribution is -2.41. The second-order valence-corrected chi connectivity index (χ2v) is 6.32. The second kappa shape index (κ2) is 5.96. The monoisotopic (exact) mass is 272 g/mol. The number of hydrogen-bond acceptors (Lipinski definition) is 2. The predicted octanol–water partition coefficient (Wildman–Crippen LogP) is 2.50. The minimum Gasteiger partial charge on any atom is -0.353 e. The fourth-order valence-electron chi connectivity index (χ4n) is 3.25. The minimum absolute atomic E-state index is 0.220. The van der Waals surface area contributed by atoms with E-state index >= 15 is 0 Å². The Morgan fingerprint density at radius 2 is 2.00 bits per heavy atom. The van der Waals surface area contributed by atoms with Crippen molar-refractivity contribution in [3.8, 4) is 0 Å². The summed E-state index contributed by atoms with van der Waals surface area (Å²) in [6, 6.07) is 10.0. The quantitative estimate of drug-likeness (QED) is 0.864. The number of nitrogens with one attached hydrogen (secondary N) is 2. The van der Waals surface area contributed by atoms with Gasteiger partial charge >= 0.3 is 0 Å². The molecule has 20 heavy (non-hydrogen) atoms. The molecular formula is C17H24N2O. The van der Waals surface area contributed by atoms with Crippen LogP contribution in [-0.2, 0) is 4.79 Å².